The molecule has 0 unspecified atom stereocenters. The van der Waals surface area contributed by atoms with Crippen LogP contribution in [-0.2, 0) is 4.79 Å². The average molecular weight is 376 g/mol. The van der Waals surface area contributed by atoms with Crippen molar-refractivity contribution in [2.45, 2.75) is 6.10 Å². The van der Waals surface area contributed by atoms with Crippen molar-refractivity contribution < 1.29 is 14.3 Å². The minimum atomic E-state index is -0.751. The molecule has 2 heterocycles. The summed E-state index contributed by atoms with van der Waals surface area (Å²) in [7, 11) is 1.54. The summed E-state index contributed by atoms with van der Waals surface area (Å²) in [5.74, 6) is -0.00298. The number of ether oxygens (including phenoxy) is 1. The van der Waals surface area contributed by atoms with Gasteiger partial charge in [0.1, 0.15) is 5.75 Å². The summed E-state index contributed by atoms with van der Waals surface area (Å²) in [5, 5.41) is 2.55. The Bertz CT molecular complexity index is 766. The van der Waals surface area contributed by atoms with E-state index in [2.05, 4.69) is 26.2 Å². The molecule has 0 saturated heterocycles. The molecule has 7 heteroatoms. The standard InChI is InChI=1S/C16H14BrN3O3/c1-18-15(21)14-9-20(12-4-2-3-5-13(12)23-14)16(22)10-6-11(17)8-19-7-10/h2-8,14H,9H2,1H3,(H,18,21)/t14-/m1/s1. The van der Waals surface area contributed by atoms with Crippen LogP contribution in [0.25, 0.3) is 0 Å². The Labute approximate surface area is 141 Å². The highest BCUT2D eigenvalue weighted by molar-refractivity contribution is 9.10. The van der Waals surface area contributed by atoms with Crippen molar-refractivity contribution in [3.63, 3.8) is 0 Å². The van der Waals surface area contributed by atoms with Gasteiger partial charge in [-0.05, 0) is 34.1 Å². The second-order valence-electron chi connectivity index (χ2n) is 5.00. The fraction of sp³-hybridized carbons (Fsp3) is 0.188. The van der Waals surface area contributed by atoms with Crippen LogP contribution < -0.4 is 15.0 Å². The Kier molecular flexibility index (Phi) is 4.29. The predicted octanol–water partition coefficient (Wildman–Crippen LogP) is 2.00. The van der Waals surface area contributed by atoms with Gasteiger partial charge in [-0.2, -0.15) is 0 Å². The van der Waals surface area contributed by atoms with Crippen molar-refractivity contribution in [3.8, 4) is 5.75 Å². The minimum Gasteiger partial charge on any atom is -0.477 e. The lowest BCUT2D eigenvalue weighted by molar-refractivity contribution is -0.127. The number of carbonyl (C=O) groups excluding carboxylic acids is 2. The molecule has 6 nitrogen and oxygen atoms in total. The summed E-state index contributed by atoms with van der Waals surface area (Å²) in [4.78, 5) is 30.4. The Hall–Kier alpha value is -2.41. The van der Waals surface area contributed by atoms with Crippen LogP contribution in [0.3, 0.4) is 0 Å². The van der Waals surface area contributed by atoms with Gasteiger partial charge in [-0.3, -0.25) is 14.6 Å². The third kappa shape index (κ3) is 3.05. The fourth-order valence-electron chi connectivity index (χ4n) is 2.41. The van der Waals surface area contributed by atoms with E-state index in [-0.39, 0.29) is 18.4 Å². The number of halogens is 1. The zero-order valence-electron chi connectivity index (χ0n) is 12.3. The fourth-order valence-corrected chi connectivity index (χ4v) is 2.77. The molecule has 1 atom stereocenters. The van der Waals surface area contributed by atoms with Crippen LogP contribution >= 0.6 is 15.9 Å². The molecule has 3 rings (SSSR count). The van der Waals surface area contributed by atoms with Crippen LogP contribution in [-0.4, -0.2) is 36.5 Å². The molecule has 2 amide bonds. The normalized spacial score (nSPS) is 16.3. The van der Waals surface area contributed by atoms with Crippen LogP contribution in [0.15, 0.2) is 47.2 Å². The van der Waals surface area contributed by atoms with Crippen LogP contribution in [0.5, 0.6) is 5.75 Å². The van der Waals surface area contributed by atoms with Gasteiger partial charge in [0.25, 0.3) is 11.8 Å². The van der Waals surface area contributed by atoms with Crippen molar-refractivity contribution in [2.75, 3.05) is 18.5 Å². The maximum atomic E-state index is 12.8. The SMILES string of the molecule is CNC(=O)[C@H]1CN(C(=O)c2cncc(Br)c2)c2ccccc2O1. The van der Waals surface area contributed by atoms with Gasteiger partial charge in [0.15, 0.2) is 6.10 Å². The Morgan fingerprint density at radius 2 is 2.13 bits per heavy atom. The number of nitrogens with zero attached hydrogens (tertiary/aromatic N) is 2. The molecule has 118 valence electrons. The number of aromatic nitrogens is 1. The minimum absolute atomic E-state index is 0.141. The molecule has 0 aliphatic carbocycles. The summed E-state index contributed by atoms with van der Waals surface area (Å²) in [6, 6.07) is 8.85. The molecule has 1 aliphatic heterocycles. The monoisotopic (exact) mass is 375 g/mol. The summed E-state index contributed by atoms with van der Waals surface area (Å²) >= 11 is 3.31. The molecule has 23 heavy (non-hydrogen) atoms. The molecule has 1 aromatic carbocycles. The highest BCUT2D eigenvalue weighted by Gasteiger charge is 2.33. The first-order valence-electron chi connectivity index (χ1n) is 7.00. The van der Waals surface area contributed by atoms with Crippen molar-refractivity contribution in [2.24, 2.45) is 0 Å². The third-order valence-electron chi connectivity index (χ3n) is 3.51. The van der Waals surface area contributed by atoms with Gasteiger partial charge >= 0.3 is 0 Å². The lowest BCUT2D eigenvalue weighted by Crippen LogP contribution is -2.50. The molecule has 0 spiro atoms. The quantitative estimate of drug-likeness (QED) is 0.871. The smallest absolute Gasteiger partial charge is 0.262 e. The van der Waals surface area contributed by atoms with E-state index in [1.54, 1.807) is 35.4 Å². The van der Waals surface area contributed by atoms with E-state index in [1.165, 1.54) is 13.2 Å². The molecular weight excluding hydrogens is 362 g/mol. The largest absolute Gasteiger partial charge is 0.477 e. The van der Waals surface area contributed by atoms with Crippen LogP contribution in [0.2, 0.25) is 0 Å². The van der Waals surface area contributed by atoms with Crippen LogP contribution in [0.1, 0.15) is 10.4 Å². The zero-order valence-corrected chi connectivity index (χ0v) is 13.9. The maximum absolute atomic E-state index is 12.8. The zero-order chi connectivity index (χ0) is 16.4. The van der Waals surface area contributed by atoms with E-state index in [9.17, 15) is 9.59 Å². The van der Waals surface area contributed by atoms with E-state index in [0.29, 0.717) is 21.5 Å². The third-order valence-corrected chi connectivity index (χ3v) is 3.94. The van der Waals surface area contributed by atoms with E-state index in [4.69, 9.17) is 4.74 Å². The lowest BCUT2D eigenvalue weighted by Gasteiger charge is -2.34. The first-order valence-corrected chi connectivity index (χ1v) is 7.79. The number of pyridine rings is 1. The number of para-hydroxylation sites is 2. The molecule has 0 saturated carbocycles. The number of hydrogen-bond donors (Lipinski definition) is 1. The van der Waals surface area contributed by atoms with Gasteiger partial charge in [0.05, 0.1) is 17.8 Å². The molecule has 1 aromatic heterocycles. The van der Waals surface area contributed by atoms with E-state index >= 15 is 0 Å². The number of nitrogens with one attached hydrogen (secondary N) is 1. The van der Waals surface area contributed by atoms with E-state index in [0.717, 1.165) is 0 Å². The molecule has 0 fully saturated rings. The molecule has 0 radical (unpaired) electrons. The molecule has 1 N–H and O–H groups in total. The topological polar surface area (TPSA) is 71.5 Å². The van der Waals surface area contributed by atoms with Crippen molar-refractivity contribution in [3.05, 3.63) is 52.8 Å². The van der Waals surface area contributed by atoms with Crippen molar-refractivity contribution in [1.29, 1.82) is 0 Å². The van der Waals surface area contributed by atoms with Gasteiger partial charge in [-0.25, -0.2) is 0 Å². The number of carbonyl (C=O) groups is 2. The Morgan fingerprint density at radius 1 is 1.35 bits per heavy atom. The Morgan fingerprint density at radius 3 is 2.87 bits per heavy atom. The second-order valence-corrected chi connectivity index (χ2v) is 5.91. The van der Waals surface area contributed by atoms with Crippen molar-refractivity contribution >= 4 is 33.4 Å². The first kappa shape index (κ1) is 15.5. The summed E-state index contributed by atoms with van der Waals surface area (Å²) in [6.45, 7) is 0.141. The van der Waals surface area contributed by atoms with Gasteiger partial charge < -0.3 is 15.0 Å². The second kappa shape index (κ2) is 6.37. The number of hydrogen-bond acceptors (Lipinski definition) is 4. The van der Waals surface area contributed by atoms with Crippen LogP contribution in [0.4, 0.5) is 5.69 Å². The number of fused-ring (bicyclic) bond motifs is 1. The highest BCUT2D eigenvalue weighted by Crippen LogP contribution is 2.34. The van der Waals surface area contributed by atoms with Crippen LogP contribution in [0, 0.1) is 0 Å². The first-order chi connectivity index (χ1) is 11.1. The average Bonchev–Trinajstić information content (AvgIpc) is 2.59. The lowest BCUT2D eigenvalue weighted by atomic mass is 10.1. The van der Waals surface area contributed by atoms with Gasteiger partial charge in [0, 0.05) is 23.9 Å². The van der Waals surface area contributed by atoms with Crippen molar-refractivity contribution in [1.82, 2.24) is 10.3 Å². The van der Waals surface area contributed by atoms with Gasteiger partial charge in [0.2, 0.25) is 0 Å². The summed E-state index contributed by atoms with van der Waals surface area (Å²) < 4.78 is 6.41. The number of likely N-dealkylation sites (N-methyl/N-ethyl adjacent to an activating group) is 1. The number of rotatable bonds is 2. The number of anilines is 1. The maximum Gasteiger partial charge on any atom is 0.262 e. The molecule has 0 bridgehead atoms. The summed E-state index contributed by atoms with van der Waals surface area (Å²) in [6.07, 6.45) is 2.36. The van der Waals surface area contributed by atoms with Gasteiger partial charge in [-0.1, -0.05) is 12.1 Å². The molecule has 1 aliphatic rings. The number of amides is 2. The van der Waals surface area contributed by atoms with E-state index < -0.39 is 6.10 Å². The molecule has 2 aromatic rings. The predicted molar refractivity (Wildman–Crippen MR) is 88.5 cm³/mol. The summed E-state index contributed by atoms with van der Waals surface area (Å²) in [5.41, 5.74) is 1.07. The van der Waals surface area contributed by atoms with Gasteiger partial charge in [-0.15, -0.1) is 0 Å². The van der Waals surface area contributed by atoms with E-state index in [1.807, 2.05) is 6.07 Å². The number of benzene rings is 1. The molecular formula is C16H14BrN3O3. The highest BCUT2D eigenvalue weighted by atomic mass is 79.9. The Balaban J connectivity index is 1.99.